The number of amides is 1. The Morgan fingerprint density at radius 1 is 1.09 bits per heavy atom. The van der Waals surface area contributed by atoms with Gasteiger partial charge in [0.05, 0.1) is 29.9 Å². The second kappa shape index (κ2) is 10.4. The number of para-hydroxylation sites is 2. The monoisotopic (exact) mass is 445 g/mol. The van der Waals surface area contributed by atoms with E-state index in [0.29, 0.717) is 12.5 Å². The molecule has 0 aliphatic heterocycles. The molecule has 2 atom stereocenters. The summed E-state index contributed by atoms with van der Waals surface area (Å²) in [5.41, 5.74) is 3.29. The lowest BCUT2D eigenvalue weighted by Crippen LogP contribution is -2.28. The number of furan rings is 1. The molecule has 33 heavy (non-hydrogen) atoms. The second-order valence-corrected chi connectivity index (χ2v) is 8.36. The number of aryl methyl sites for hydroxylation is 1. The maximum Gasteiger partial charge on any atom is 0.287 e. The summed E-state index contributed by atoms with van der Waals surface area (Å²) >= 11 is 0. The molecule has 2 unspecified atom stereocenters. The average Bonchev–Trinajstić information content (AvgIpc) is 3.50. The van der Waals surface area contributed by atoms with Gasteiger partial charge in [-0.3, -0.25) is 4.79 Å². The number of carbonyl (C=O) groups excluding carboxylic acids is 1. The first-order valence-electron chi connectivity index (χ1n) is 11.6. The lowest BCUT2D eigenvalue weighted by Gasteiger charge is -2.16. The number of ether oxygens (including phenoxy) is 1. The molecule has 6 heteroatoms. The van der Waals surface area contributed by atoms with Crippen LogP contribution in [0.25, 0.3) is 11.0 Å². The van der Waals surface area contributed by atoms with Crippen LogP contribution in [0.5, 0.6) is 5.75 Å². The van der Waals surface area contributed by atoms with Gasteiger partial charge in [0.2, 0.25) is 0 Å². The molecule has 0 spiro atoms. The van der Waals surface area contributed by atoms with Gasteiger partial charge >= 0.3 is 0 Å². The average molecular weight is 446 g/mol. The van der Waals surface area contributed by atoms with Gasteiger partial charge in [0.25, 0.3) is 5.91 Å². The zero-order chi connectivity index (χ0) is 23.2. The van der Waals surface area contributed by atoms with Gasteiger partial charge in [-0.15, -0.1) is 0 Å². The molecule has 172 valence electrons. The number of hydrogen-bond donors (Lipinski definition) is 1. The molecule has 0 aliphatic rings. The number of hydrogen-bond acceptors (Lipinski definition) is 4. The molecule has 2 heterocycles. The van der Waals surface area contributed by atoms with Crippen molar-refractivity contribution in [1.82, 2.24) is 14.9 Å². The first-order chi connectivity index (χ1) is 16.1. The van der Waals surface area contributed by atoms with Gasteiger partial charge in [0.15, 0.2) is 5.76 Å². The highest BCUT2D eigenvalue weighted by Gasteiger charge is 2.20. The molecule has 1 N–H and O–H groups in total. The van der Waals surface area contributed by atoms with E-state index in [-0.39, 0.29) is 17.7 Å². The number of benzene rings is 2. The fraction of sp³-hybridized carbons (Fsp3) is 0.333. The Kier molecular flexibility index (Phi) is 7.13. The number of aromatic nitrogens is 2. The topological polar surface area (TPSA) is 69.3 Å². The number of nitrogens with one attached hydrogen (secondary N) is 1. The molecule has 1 amide bonds. The molecule has 0 bridgehead atoms. The number of carbonyl (C=O) groups is 1. The van der Waals surface area contributed by atoms with E-state index in [2.05, 4.69) is 41.9 Å². The van der Waals surface area contributed by atoms with Gasteiger partial charge in [0, 0.05) is 6.54 Å². The van der Waals surface area contributed by atoms with Gasteiger partial charge in [0.1, 0.15) is 11.6 Å². The summed E-state index contributed by atoms with van der Waals surface area (Å²) < 4.78 is 13.4. The first-order valence-corrected chi connectivity index (χ1v) is 11.6. The van der Waals surface area contributed by atoms with Crippen LogP contribution in [-0.2, 0) is 6.54 Å². The molecule has 0 aliphatic carbocycles. The van der Waals surface area contributed by atoms with Gasteiger partial charge in [-0.1, -0.05) is 38.1 Å². The largest absolute Gasteiger partial charge is 0.494 e. The molecule has 4 aromatic rings. The molecule has 0 fully saturated rings. The van der Waals surface area contributed by atoms with Crippen molar-refractivity contribution in [2.24, 2.45) is 0 Å². The molecular formula is C27H31N3O3. The van der Waals surface area contributed by atoms with E-state index in [4.69, 9.17) is 14.1 Å². The van der Waals surface area contributed by atoms with E-state index in [1.165, 1.54) is 11.8 Å². The number of imidazole rings is 1. The van der Waals surface area contributed by atoms with Crippen LogP contribution in [0.2, 0.25) is 0 Å². The SMILES string of the molecule is CCC(C)c1ccc(OCCCn2c(C(C)NC(=O)c3ccco3)nc3ccccc32)cc1. The Bertz CT molecular complexity index is 1180. The van der Waals surface area contributed by atoms with Crippen LogP contribution in [0.1, 0.15) is 67.5 Å². The van der Waals surface area contributed by atoms with E-state index < -0.39 is 0 Å². The molecule has 2 aromatic heterocycles. The predicted octanol–water partition coefficient (Wildman–Crippen LogP) is 6.10. The highest BCUT2D eigenvalue weighted by atomic mass is 16.5. The van der Waals surface area contributed by atoms with Crippen molar-refractivity contribution in [3.05, 3.63) is 84.1 Å². The summed E-state index contributed by atoms with van der Waals surface area (Å²) in [6.45, 7) is 7.71. The Balaban J connectivity index is 1.42. The summed E-state index contributed by atoms with van der Waals surface area (Å²) in [4.78, 5) is 17.3. The zero-order valence-corrected chi connectivity index (χ0v) is 19.5. The van der Waals surface area contributed by atoms with Gasteiger partial charge in [-0.25, -0.2) is 4.98 Å². The van der Waals surface area contributed by atoms with Gasteiger partial charge in [-0.05, 0) is 67.6 Å². The second-order valence-electron chi connectivity index (χ2n) is 8.36. The minimum Gasteiger partial charge on any atom is -0.494 e. The third kappa shape index (κ3) is 5.28. The van der Waals surface area contributed by atoms with E-state index >= 15 is 0 Å². The molecule has 4 rings (SSSR count). The summed E-state index contributed by atoms with van der Waals surface area (Å²) in [6.07, 6.45) is 3.44. The normalized spacial score (nSPS) is 13.1. The van der Waals surface area contributed by atoms with Crippen LogP contribution in [0.3, 0.4) is 0 Å². The van der Waals surface area contributed by atoms with Crippen LogP contribution in [0.4, 0.5) is 0 Å². The molecule has 6 nitrogen and oxygen atoms in total. The lowest BCUT2D eigenvalue weighted by molar-refractivity contribution is 0.0909. The van der Waals surface area contributed by atoms with Gasteiger partial charge < -0.3 is 19.0 Å². The Hall–Kier alpha value is -3.54. The molecule has 0 saturated heterocycles. The fourth-order valence-electron chi connectivity index (χ4n) is 3.94. The smallest absolute Gasteiger partial charge is 0.287 e. The lowest BCUT2D eigenvalue weighted by atomic mass is 9.99. The maximum atomic E-state index is 12.5. The number of fused-ring (bicyclic) bond motifs is 1. The summed E-state index contributed by atoms with van der Waals surface area (Å²) in [7, 11) is 0. The van der Waals surface area contributed by atoms with Gasteiger partial charge in [-0.2, -0.15) is 0 Å². The predicted molar refractivity (Wildman–Crippen MR) is 130 cm³/mol. The van der Waals surface area contributed by atoms with Crippen LogP contribution < -0.4 is 10.1 Å². The third-order valence-electron chi connectivity index (χ3n) is 6.02. The highest BCUT2D eigenvalue weighted by Crippen LogP contribution is 2.23. The Morgan fingerprint density at radius 2 is 1.88 bits per heavy atom. The van der Waals surface area contributed by atoms with E-state index in [9.17, 15) is 4.79 Å². The quantitative estimate of drug-likeness (QED) is 0.299. The van der Waals surface area contributed by atoms with Crippen LogP contribution >= 0.6 is 0 Å². The van der Waals surface area contributed by atoms with Crippen molar-refractivity contribution >= 4 is 16.9 Å². The fourth-order valence-corrected chi connectivity index (χ4v) is 3.94. The number of nitrogens with zero attached hydrogens (tertiary/aromatic N) is 2. The molecule has 0 saturated carbocycles. The minimum absolute atomic E-state index is 0.254. The van der Waals surface area contributed by atoms with Crippen molar-refractivity contribution in [3.63, 3.8) is 0 Å². The summed E-state index contributed by atoms with van der Waals surface area (Å²) in [6, 6.07) is 19.5. The maximum absolute atomic E-state index is 12.5. The summed E-state index contributed by atoms with van der Waals surface area (Å²) in [5.74, 6) is 2.29. The van der Waals surface area contributed by atoms with Crippen molar-refractivity contribution in [2.75, 3.05) is 6.61 Å². The van der Waals surface area contributed by atoms with E-state index in [1.54, 1.807) is 12.1 Å². The molecular weight excluding hydrogens is 414 g/mol. The minimum atomic E-state index is -0.274. The molecule has 2 aromatic carbocycles. The Morgan fingerprint density at radius 3 is 2.61 bits per heavy atom. The van der Waals surface area contributed by atoms with E-state index in [1.807, 2.05) is 37.3 Å². The number of rotatable bonds is 10. The van der Waals surface area contributed by atoms with Crippen molar-refractivity contribution in [3.8, 4) is 5.75 Å². The van der Waals surface area contributed by atoms with Crippen LogP contribution in [0.15, 0.2) is 71.3 Å². The standard InChI is InChI=1S/C27H31N3O3/c1-4-19(2)21-12-14-22(15-13-21)32-18-8-16-30-24-10-6-5-9-23(24)29-26(30)20(3)28-27(31)25-11-7-17-33-25/h5-7,9-15,17,19-20H,4,8,16,18H2,1-3H3,(H,28,31). The highest BCUT2D eigenvalue weighted by molar-refractivity contribution is 5.91. The van der Waals surface area contributed by atoms with Crippen LogP contribution in [-0.4, -0.2) is 22.1 Å². The third-order valence-corrected chi connectivity index (χ3v) is 6.02. The van der Waals surface area contributed by atoms with Crippen LogP contribution in [0, 0.1) is 0 Å². The first kappa shape index (κ1) is 22.6. The van der Waals surface area contributed by atoms with Crippen molar-refractivity contribution in [1.29, 1.82) is 0 Å². The molecule has 0 radical (unpaired) electrons. The van der Waals surface area contributed by atoms with Crippen molar-refractivity contribution in [2.45, 2.75) is 52.1 Å². The van der Waals surface area contributed by atoms with E-state index in [0.717, 1.165) is 42.0 Å². The zero-order valence-electron chi connectivity index (χ0n) is 19.5. The van der Waals surface area contributed by atoms with Crippen molar-refractivity contribution < 1.29 is 13.9 Å². The summed E-state index contributed by atoms with van der Waals surface area (Å²) in [5, 5.41) is 2.99. The Labute approximate surface area is 194 Å².